The third kappa shape index (κ3) is 1.55. The van der Waals surface area contributed by atoms with E-state index in [4.69, 9.17) is 0 Å². The molecule has 0 aliphatic heterocycles. The number of hydrogen-bond donors (Lipinski definition) is 0. The van der Waals surface area contributed by atoms with Crippen molar-refractivity contribution < 1.29 is 0 Å². The summed E-state index contributed by atoms with van der Waals surface area (Å²) in [6, 6.07) is 12.0. The Kier molecular flexibility index (Phi) is 2.05. The van der Waals surface area contributed by atoms with Gasteiger partial charge in [-0.3, -0.25) is 4.98 Å². The minimum absolute atomic E-state index is 0.690. The van der Waals surface area contributed by atoms with Crippen molar-refractivity contribution in [3.8, 4) is 5.82 Å². The van der Waals surface area contributed by atoms with Gasteiger partial charge in [0.15, 0.2) is 5.82 Å². The lowest BCUT2D eigenvalue weighted by molar-refractivity contribution is 0.733. The molecule has 0 bridgehead atoms. The first kappa shape index (κ1) is 10.1. The van der Waals surface area contributed by atoms with E-state index in [1.165, 1.54) is 4.80 Å². The van der Waals surface area contributed by atoms with E-state index in [9.17, 15) is 0 Å². The molecule has 0 unspecified atom stereocenters. The van der Waals surface area contributed by atoms with Crippen molar-refractivity contribution in [1.29, 1.82) is 0 Å². The minimum atomic E-state index is 0.690. The maximum atomic E-state index is 4.62. The summed E-state index contributed by atoms with van der Waals surface area (Å²) in [6.45, 7) is 0. The molecule has 0 saturated heterocycles. The van der Waals surface area contributed by atoms with Gasteiger partial charge in [0, 0.05) is 17.0 Å². The standard InChI is InChI=1S/C14H9N5/c1-2-10-3-4-11-5-6-12(19-16-8-9-17-19)18-14(11)13(10)15-7-1/h1-9H. The van der Waals surface area contributed by atoms with Gasteiger partial charge in [0.05, 0.1) is 23.4 Å². The highest BCUT2D eigenvalue weighted by atomic mass is 15.5. The van der Waals surface area contributed by atoms with Crippen LogP contribution in [-0.2, 0) is 0 Å². The van der Waals surface area contributed by atoms with E-state index in [-0.39, 0.29) is 0 Å². The van der Waals surface area contributed by atoms with Gasteiger partial charge in [-0.15, -0.1) is 4.80 Å². The largest absolute Gasteiger partial charge is 0.254 e. The van der Waals surface area contributed by atoms with Crippen LogP contribution in [0.2, 0.25) is 0 Å². The Morgan fingerprint density at radius 1 is 0.737 bits per heavy atom. The molecule has 0 spiro atoms. The Morgan fingerprint density at radius 3 is 2.32 bits per heavy atom. The zero-order chi connectivity index (χ0) is 12.7. The fraction of sp³-hybridized carbons (Fsp3) is 0. The van der Waals surface area contributed by atoms with Crippen LogP contribution in [0.4, 0.5) is 0 Å². The fourth-order valence-electron chi connectivity index (χ4n) is 2.16. The van der Waals surface area contributed by atoms with E-state index in [1.807, 2.05) is 30.3 Å². The van der Waals surface area contributed by atoms with Crippen LogP contribution in [-0.4, -0.2) is 25.0 Å². The van der Waals surface area contributed by atoms with Crippen molar-refractivity contribution in [2.75, 3.05) is 0 Å². The summed E-state index contributed by atoms with van der Waals surface area (Å²) in [5.41, 5.74) is 1.77. The Bertz CT molecular complexity index is 867. The number of hydrogen-bond acceptors (Lipinski definition) is 4. The molecule has 5 heteroatoms. The molecule has 1 aromatic carbocycles. The molecule has 4 rings (SSSR count). The molecule has 5 nitrogen and oxygen atoms in total. The summed E-state index contributed by atoms with van der Waals surface area (Å²) in [5.74, 6) is 0.690. The maximum Gasteiger partial charge on any atom is 0.174 e. The average molecular weight is 247 g/mol. The molecule has 0 amide bonds. The van der Waals surface area contributed by atoms with Crippen LogP contribution in [0.25, 0.3) is 27.6 Å². The smallest absolute Gasteiger partial charge is 0.174 e. The maximum absolute atomic E-state index is 4.62. The number of benzene rings is 1. The van der Waals surface area contributed by atoms with E-state index < -0.39 is 0 Å². The summed E-state index contributed by atoms with van der Waals surface area (Å²) in [7, 11) is 0. The van der Waals surface area contributed by atoms with Gasteiger partial charge in [-0.25, -0.2) is 4.98 Å². The molecule has 0 radical (unpaired) electrons. The molecule has 0 saturated carbocycles. The molecule has 3 heterocycles. The van der Waals surface area contributed by atoms with Crippen molar-refractivity contribution in [2.24, 2.45) is 0 Å². The van der Waals surface area contributed by atoms with Crippen molar-refractivity contribution in [3.05, 3.63) is 55.0 Å². The lowest BCUT2D eigenvalue weighted by Gasteiger charge is -2.04. The zero-order valence-corrected chi connectivity index (χ0v) is 9.93. The van der Waals surface area contributed by atoms with Gasteiger partial charge in [0.2, 0.25) is 0 Å². The van der Waals surface area contributed by atoms with Crippen LogP contribution >= 0.6 is 0 Å². The normalized spacial score (nSPS) is 11.2. The van der Waals surface area contributed by atoms with Crippen LogP contribution in [0.1, 0.15) is 0 Å². The first-order valence-corrected chi connectivity index (χ1v) is 5.93. The second-order valence-electron chi connectivity index (χ2n) is 4.20. The van der Waals surface area contributed by atoms with Gasteiger partial charge < -0.3 is 0 Å². The Morgan fingerprint density at radius 2 is 1.47 bits per heavy atom. The molecule has 0 fully saturated rings. The topological polar surface area (TPSA) is 56.5 Å². The van der Waals surface area contributed by atoms with E-state index in [0.717, 1.165) is 21.8 Å². The summed E-state index contributed by atoms with van der Waals surface area (Å²) in [4.78, 5) is 10.5. The fourth-order valence-corrected chi connectivity index (χ4v) is 2.16. The predicted octanol–water partition coefficient (Wildman–Crippen LogP) is 2.36. The highest BCUT2D eigenvalue weighted by Crippen LogP contribution is 2.22. The molecule has 3 aromatic heterocycles. The van der Waals surface area contributed by atoms with Crippen molar-refractivity contribution >= 4 is 21.8 Å². The van der Waals surface area contributed by atoms with E-state index >= 15 is 0 Å². The third-order valence-corrected chi connectivity index (χ3v) is 3.04. The van der Waals surface area contributed by atoms with Crippen LogP contribution < -0.4 is 0 Å². The van der Waals surface area contributed by atoms with Gasteiger partial charge in [0.1, 0.15) is 0 Å². The van der Waals surface area contributed by atoms with Gasteiger partial charge in [-0.1, -0.05) is 18.2 Å². The first-order chi connectivity index (χ1) is 9.42. The van der Waals surface area contributed by atoms with Gasteiger partial charge in [-0.05, 0) is 18.2 Å². The van der Waals surface area contributed by atoms with Gasteiger partial charge in [-0.2, -0.15) is 10.2 Å². The van der Waals surface area contributed by atoms with E-state index in [0.29, 0.717) is 5.82 Å². The average Bonchev–Trinajstić information content (AvgIpc) is 3.01. The summed E-state index contributed by atoms with van der Waals surface area (Å²) in [6.07, 6.45) is 5.04. The lowest BCUT2D eigenvalue weighted by Crippen LogP contribution is -2.01. The zero-order valence-electron chi connectivity index (χ0n) is 9.93. The Labute approximate surface area is 108 Å². The first-order valence-electron chi connectivity index (χ1n) is 5.93. The van der Waals surface area contributed by atoms with E-state index in [2.05, 4.69) is 26.2 Å². The molecule has 0 aliphatic rings. The molecule has 0 N–H and O–H groups in total. The lowest BCUT2D eigenvalue weighted by atomic mass is 10.1. The summed E-state index contributed by atoms with van der Waals surface area (Å²) in [5, 5.41) is 10.3. The highest BCUT2D eigenvalue weighted by Gasteiger charge is 2.06. The molecular weight excluding hydrogens is 238 g/mol. The monoisotopic (exact) mass is 247 g/mol. The number of rotatable bonds is 1. The van der Waals surface area contributed by atoms with Crippen molar-refractivity contribution in [3.63, 3.8) is 0 Å². The Balaban J connectivity index is 2.09. The van der Waals surface area contributed by atoms with Crippen molar-refractivity contribution in [1.82, 2.24) is 25.0 Å². The second-order valence-corrected chi connectivity index (χ2v) is 4.20. The molecule has 90 valence electrons. The van der Waals surface area contributed by atoms with Gasteiger partial charge >= 0.3 is 0 Å². The van der Waals surface area contributed by atoms with Crippen LogP contribution in [0, 0.1) is 0 Å². The second kappa shape index (κ2) is 3.84. The number of pyridine rings is 2. The number of aromatic nitrogens is 5. The van der Waals surface area contributed by atoms with Gasteiger partial charge in [0.25, 0.3) is 0 Å². The summed E-state index contributed by atoms with van der Waals surface area (Å²) < 4.78 is 0. The quantitative estimate of drug-likeness (QED) is 0.484. The predicted molar refractivity (Wildman–Crippen MR) is 72.0 cm³/mol. The highest BCUT2D eigenvalue weighted by molar-refractivity contribution is 6.02. The number of nitrogens with zero attached hydrogens (tertiary/aromatic N) is 5. The summed E-state index contributed by atoms with van der Waals surface area (Å²) >= 11 is 0. The van der Waals surface area contributed by atoms with E-state index in [1.54, 1.807) is 18.6 Å². The molecule has 4 aromatic rings. The van der Waals surface area contributed by atoms with Crippen LogP contribution in [0.3, 0.4) is 0 Å². The van der Waals surface area contributed by atoms with Crippen molar-refractivity contribution in [2.45, 2.75) is 0 Å². The van der Waals surface area contributed by atoms with Crippen LogP contribution in [0.15, 0.2) is 55.0 Å². The van der Waals surface area contributed by atoms with Crippen LogP contribution in [0.5, 0.6) is 0 Å². The molecule has 0 atom stereocenters. The Hall–Kier alpha value is -2.82. The molecule has 0 aliphatic carbocycles. The molecule has 19 heavy (non-hydrogen) atoms. The third-order valence-electron chi connectivity index (χ3n) is 3.04. The SMILES string of the molecule is c1cnc2c(c1)ccc1ccc(-n3nccn3)nc12. The minimum Gasteiger partial charge on any atom is -0.254 e. The molecular formula is C14H9N5. The number of fused-ring (bicyclic) bond motifs is 3.